The van der Waals surface area contributed by atoms with E-state index in [9.17, 15) is 9.18 Å². The van der Waals surface area contributed by atoms with Crippen molar-refractivity contribution >= 4 is 17.6 Å². The monoisotopic (exact) mass is 226 g/mol. The normalized spacial score (nSPS) is 9.07. The van der Waals surface area contributed by atoms with Crippen molar-refractivity contribution in [3.63, 3.8) is 0 Å². The molecule has 0 radical (unpaired) electrons. The molecule has 1 rings (SSSR count). The number of halogens is 2. The maximum absolute atomic E-state index is 13.1. The lowest BCUT2D eigenvalue weighted by Gasteiger charge is -1.99. The van der Waals surface area contributed by atoms with E-state index in [2.05, 4.69) is 16.6 Å². The van der Waals surface area contributed by atoms with E-state index in [1.165, 1.54) is 19.2 Å². The van der Waals surface area contributed by atoms with E-state index in [1.54, 1.807) is 6.92 Å². The van der Waals surface area contributed by atoms with Gasteiger partial charge in [-0.15, -0.1) is 0 Å². The van der Waals surface area contributed by atoms with Crippen LogP contribution in [0.2, 0.25) is 5.02 Å². The smallest absolute Gasteiger partial charge is 0.384 e. The van der Waals surface area contributed by atoms with Gasteiger partial charge in [0.25, 0.3) is 0 Å². The van der Waals surface area contributed by atoms with Crippen LogP contribution in [0.15, 0.2) is 12.1 Å². The molecule has 15 heavy (non-hydrogen) atoms. The van der Waals surface area contributed by atoms with Gasteiger partial charge in [-0.05, 0) is 24.6 Å². The van der Waals surface area contributed by atoms with E-state index < -0.39 is 11.8 Å². The van der Waals surface area contributed by atoms with Crippen LogP contribution in [0.5, 0.6) is 0 Å². The number of carbonyl (C=O) groups excluding carboxylic acids is 1. The molecule has 1 aromatic rings. The number of benzene rings is 1. The van der Waals surface area contributed by atoms with Crippen LogP contribution in [0, 0.1) is 24.6 Å². The highest BCUT2D eigenvalue weighted by molar-refractivity contribution is 6.31. The second-order valence-corrected chi connectivity index (χ2v) is 3.23. The Morgan fingerprint density at radius 2 is 2.20 bits per heavy atom. The Hall–Kier alpha value is -1.53. The van der Waals surface area contributed by atoms with E-state index in [0.29, 0.717) is 10.6 Å². The highest BCUT2D eigenvalue weighted by Crippen LogP contribution is 2.19. The highest BCUT2D eigenvalue weighted by atomic mass is 35.5. The van der Waals surface area contributed by atoms with Gasteiger partial charge in [-0.3, -0.25) is 0 Å². The Morgan fingerprint density at radius 3 is 2.80 bits per heavy atom. The fourth-order valence-electron chi connectivity index (χ4n) is 0.911. The molecule has 0 aromatic heterocycles. The first-order valence-corrected chi connectivity index (χ1v) is 4.48. The molecule has 0 aliphatic carbocycles. The largest absolute Gasteiger partial charge is 0.459 e. The number of carbonyl (C=O) groups is 1. The molecule has 0 saturated heterocycles. The zero-order valence-corrected chi connectivity index (χ0v) is 8.98. The summed E-state index contributed by atoms with van der Waals surface area (Å²) in [5, 5.41) is 0.310. The highest BCUT2D eigenvalue weighted by Gasteiger charge is 2.03. The topological polar surface area (TPSA) is 26.3 Å². The van der Waals surface area contributed by atoms with Crippen molar-refractivity contribution in [2.75, 3.05) is 7.11 Å². The van der Waals surface area contributed by atoms with Gasteiger partial charge in [-0.2, -0.15) is 0 Å². The van der Waals surface area contributed by atoms with Gasteiger partial charge in [0.1, 0.15) is 5.82 Å². The minimum Gasteiger partial charge on any atom is -0.459 e. The van der Waals surface area contributed by atoms with Crippen LogP contribution in [0.4, 0.5) is 4.39 Å². The Labute approximate surface area is 92.0 Å². The SMILES string of the molecule is COC(=O)C#Cc1cc(F)c(C)cc1Cl. The van der Waals surface area contributed by atoms with Crippen molar-refractivity contribution in [1.82, 2.24) is 0 Å². The lowest BCUT2D eigenvalue weighted by Crippen LogP contribution is -1.95. The minimum absolute atomic E-state index is 0.269. The molecule has 0 spiro atoms. The second kappa shape index (κ2) is 4.81. The van der Waals surface area contributed by atoms with Crippen molar-refractivity contribution < 1.29 is 13.9 Å². The molecule has 0 saturated carbocycles. The van der Waals surface area contributed by atoms with Gasteiger partial charge in [0.05, 0.1) is 12.1 Å². The number of esters is 1. The van der Waals surface area contributed by atoms with Crippen molar-refractivity contribution in [3.8, 4) is 11.8 Å². The van der Waals surface area contributed by atoms with E-state index in [-0.39, 0.29) is 5.56 Å². The minimum atomic E-state index is -0.688. The summed E-state index contributed by atoms with van der Waals surface area (Å²) in [6.07, 6.45) is 0. The summed E-state index contributed by atoms with van der Waals surface area (Å²) < 4.78 is 17.4. The number of hydrogen-bond donors (Lipinski definition) is 0. The van der Waals surface area contributed by atoms with Gasteiger partial charge in [0, 0.05) is 11.5 Å². The van der Waals surface area contributed by atoms with E-state index >= 15 is 0 Å². The molecule has 0 atom stereocenters. The molecule has 0 bridgehead atoms. The molecular formula is C11H8ClFO2. The number of methoxy groups -OCH3 is 1. The van der Waals surface area contributed by atoms with Crippen molar-refractivity contribution in [1.29, 1.82) is 0 Å². The Bertz CT molecular complexity index is 458. The molecular weight excluding hydrogens is 219 g/mol. The second-order valence-electron chi connectivity index (χ2n) is 2.82. The first-order chi connectivity index (χ1) is 7.04. The Kier molecular flexibility index (Phi) is 3.70. The first kappa shape index (κ1) is 11.5. The molecule has 2 nitrogen and oxygen atoms in total. The predicted octanol–water partition coefficient (Wildman–Crippen LogP) is 2.31. The van der Waals surface area contributed by atoms with E-state index in [0.717, 1.165) is 0 Å². The third-order valence-electron chi connectivity index (χ3n) is 1.73. The van der Waals surface area contributed by atoms with Crippen molar-refractivity contribution in [2.24, 2.45) is 0 Å². The summed E-state index contributed by atoms with van der Waals surface area (Å²) in [7, 11) is 1.22. The van der Waals surface area contributed by atoms with Crippen LogP contribution in [0.1, 0.15) is 11.1 Å². The van der Waals surface area contributed by atoms with Gasteiger partial charge in [0.2, 0.25) is 0 Å². The number of ether oxygens (including phenoxy) is 1. The van der Waals surface area contributed by atoms with E-state index in [4.69, 9.17) is 11.6 Å². The molecule has 1 aromatic carbocycles. The van der Waals surface area contributed by atoms with Crippen LogP contribution >= 0.6 is 11.6 Å². The lowest BCUT2D eigenvalue weighted by atomic mass is 10.1. The molecule has 0 aliphatic rings. The molecule has 0 unspecified atom stereocenters. The van der Waals surface area contributed by atoms with Crippen LogP contribution in [0.25, 0.3) is 0 Å². The third-order valence-corrected chi connectivity index (χ3v) is 2.05. The van der Waals surface area contributed by atoms with Crippen LogP contribution in [-0.2, 0) is 9.53 Å². The van der Waals surface area contributed by atoms with Crippen LogP contribution in [0.3, 0.4) is 0 Å². The standard InChI is InChI=1S/C11H8ClFO2/c1-7-5-9(12)8(6-10(7)13)3-4-11(14)15-2/h5-6H,1-2H3. The quantitative estimate of drug-likeness (QED) is 0.501. The van der Waals surface area contributed by atoms with Crippen molar-refractivity contribution in [2.45, 2.75) is 6.92 Å². The lowest BCUT2D eigenvalue weighted by molar-refractivity contribution is -0.133. The number of aryl methyl sites for hydroxylation is 1. The average Bonchev–Trinajstić information content (AvgIpc) is 2.21. The maximum Gasteiger partial charge on any atom is 0.384 e. The van der Waals surface area contributed by atoms with Gasteiger partial charge in [0.15, 0.2) is 0 Å². The molecule has 0 amide bonds. The molecule has 4 heteroatoms. The Balaban J connectivity index is 3.09. The fourth-order valence-corrected chi connectivity index (χ4v) is 1.18. The van der Waals surface area contributed by atoms with Gasteiger partial charge >= 0.3 is 5.97 Å². The zero-order chi connectivity index (χ0) is 11.4. The average molecular weight is 227 g/mol. The predicted molar refractivity (Wildman–Crippen MR) is 55.0 cm³/mol. The number of hydrogen-bond acceptors (Lipinski definition) is 2. The molecule has 0 N–H and O–H groups in total. The maximum atomic E-state index is 13.1. The van der Waals surface area contributed by atoms with Gasteiger partial charge in [-0.25, -0.2) is 9.18 Å². The summed E-state index contributed by atoms with van der Waals surface area (Å²) in [5.74, 6) is 3.51. The molecule has 0 fully saturated rings. The fraction of sp³-hybridized carbons (Fsp3) is 0.182. The summed E-state index contributed by atoms with van der Waals surface area (Å²) in [4.78, 5) is 10.7. The van der Waals surface area contributed by atoms with Gasteiger partial charge in [-0.1, -0.05) is 17.5 Å². The zero-order valence-electron chi connectivity index (χ0n) is 8.23. The third kappa shape index (κ3) is 2.97. The van der Waals surface area contributed by atoms with Crippen molar-refractivity contribution in [3.05, 3.63) is 34.1 Å². The Morgan fingerprint density at radius 1 is 1.53 bits per heavy atom. The first-order valence-electron chi connectivity index (χ1n) is 4.10. The molecule has 0 heterocycles. The van der Waals surface area contributed by atoms with Gasteiger partial charge < -0.3 is 4.74 Å². The number of rotatable bonds is 0. The van der Waals surface area contributed by atoms with Crippen LogP contribution in [-0.4, -0.2) is 13.1 Å². The summed E-state index contributed by atoms with van der Waals surface area (Å²) in [5.41, 5.74) is 0.703. The molecule has 78 valence electrons. The van der Waals surface area contributed by atoms with Crippen LogP contribution < -0.4 is 0 Å². The summed E-state index contributed by atoms with van der Waals surface area (Å²) in [6.45, 7) is 1.60. The summed E-state index contributed by atoms with van der Waals surface area (Å²) >= 11 is 5.81. The summed E-state index contributed by atoms with van der Waals surface area (Å²) in [6, 6.07) is 2.64. The molecule has 0 aliphatic heterocycles. The van der Waals surface area contributed by atoms with E-state index in [1.807, 2.05) is 0 Å².